The zero-order valence-electron chi connectivity index (χ0n) is 16.2. The highest BCUT2D eigenvalue weighted by atomic mass is 32.2. The van der Waals surface area contributed by atoms with Crippen molar-refractivity contribution in [2.75, 3.05) is 31.0 Å². The fraction of sp³-hybridized carbons (Fsp3) is 0.533. The number of hydrogen-bond donors (Lipinski definition) is 3. The van der Waals surface area contributed by atoms with E-state index in [4.69, 9.17) is 4.74 Å². The predicted octanol–water partition coefficient (Wildman–Crippen LogP) is -0.0795. The fourth-order valence-corrected chi connectivity index (χ4v) is 6.01. The number of thioether (sulfide) groups is 2. The normalized spacial score (nSPS) is 24.1. The highest BCUT2D eigenvalue weighted by molar-refractivity contribution is 8.01. The molecule has 3 heterocycles. The van der Waals surface area contributed by atoms with E-state index in [9.17, 15) is 36.9 Å². The van der Waals surface area contributed by atoms with Gasteiger partial charge in [-0.2, -0.15) is 19.1 Å². The first kappa shape index (κ1) is 24.5. The number of carbonyl (C=O) groups excluding carboxylic acids is 2. The molecule has 1 unspecified atom stereocenters. The molecule has 11 nitrogen and oxygen atoms in total. The number of fused-ring (bicyclic) bond motifs is 1. The lowest BCUT2D eigenvalue weighted by molar-refractivity contribution is -0.192. The van der Waals surface area contributed by atoms with E-state index in [1.807, 2.05) is 0 Å². The van der Waals surface area contributed by atoms with Gasteiger partial charge in [-0.05, 0) is 5.57 Å². The largest absolute Gasteiger partial charge is 0.477 e. The minimum Gasteiger partial charge on any atom is -0.477 e. The molecule has 3 N–H and O–H groups in total. The summed E-state index contributed by atoms with van der Waals surface area (Å²) in [6.45, 7) is -2.21. The van der Waals surface area contributed by atoms with Gasteiger partial charge in [0.25, 0.3) is 11.6 Å². The number of β-lactam (4-membered cyclic amide) rings is 1. The third kappa shape index (κ3) is 4.38. The van der Waals surface area contributed by atoms with Crippen LogP contribution in [-0.2, 0) is 29.9 Å². The number of ether oxygens (including phenoxy) is 1. The molecule has 0 aromatic carbocycles. The number of rotatable bonds is 10. The van der Waals surface area contributed by atoms with Crippen LogP contribution in [0.25, 0.3) is 0 Å². The Morgan fingerprint density at radius 3 is 2.84 bits per heavy atom. The summed E-state index contributed by atoms with van der Waals surface area (Å²) in [6, 6.07) is 0. The van der Waals surface area contributed by atoms with E-state index in [1.165, 1.54) is 18.0 Å². The Balaban J connectivity index is 1.77. The van der Waals surface area contributed by atoms with Gasteiger partial charge < -0.3 is 15.2 Å². The summed E-state index contributed by atoms with van der Waals surface area (Å²) in [5.74, 6) is -4.46. The second kappa shape index (κ2) is 9.40. The third-order valence-corrected chi connectivity index (χ3v) is 8.16. The predicted molar refractivity (Wildman–Crippen MR) is 107 cm³/mol. The highest BCUT2D eigenvalue weighted by Crippen LogP contribution is 2.47. The first-order chi connectivity index (χ1) is 15.1. The zero-order chi connectivity index (χ0) is 23.7. The second-order valence-corrected chi connectivity index (χ2v) is 10.1. The molecule has 1 aromatic rings. The number of hydrogen-bond acceptors (Lipinski definition) is 9. The van der Waals surface area contributed by atoms with Crippen molar-refractivity contribution >= 4 is 52.1 Å². The van der Waals surface area contributed by atoms with Crippen molar-refractivity contribution in [3.8, 4) is 0 Å². The molecule has 17 heteroatoms. The van der Waals surface area contributed by atoms with Gasteiger partial charge in [-0.15, -0.1) is 16.9 Å². The average Bonchev–Trinajstić information content (AvgIpc) is 3.28. The first-order valence-electron chi connectivity index (χ1n) is 8.65. The summed E-state index contributed by atoms with van der Waals surface area (Å²) < 4.78 is 55.3. The van der Waals surface area contributed by atoms with Crippen molar-refractivity contribution in [2.45, 2.75) is 21.4 Å². The topological polar surface area (TPSA) is 155 Å². The average molecular weight is 516 g/mol. The van der Waals surface area contributed by atoms with Crippen LogP contribution in [0.1, 0.15) is 0 Å². The summed E-state index contributed by atoms with van der Waals surface area (Å²) in [5, 5.41) is 17.0. The number of halogens is 3. The van der Waals surface area contributed by atoms with Crippen molar-refractivity contribution in [1.29, 1.82) is 0 Å². The number of H-pyrrole nitrogens is 1. The van der Waals surface area contributed by atoms with Gasteiger partial charge in [-0.1, -0.05) is 11.8 Å². The summed E-state index contributed by atoms with van der Waals surface area (Å²) in [5.41, 5.74) is -1.91. The SMILES string of the molecule is CO[C@@]1(NC(=O)CS(=O)C(F)(F)CF)C(=O)N2C(C(=O)O)=C(CSc3cn[nH]n3)CS[C@@H]21. The Morgan fingerprint density at radius 2 is 2.28 bits per heavy atom. The van der Waals surface area contributed by atoms with Crippen molar-refractivity contribution in [2.24, 2.45) is 0 Å². The first-order valence-corrected chi connectivity index (χ1v) is 12.0. The molecule has 176 valence electrons. The highest BCUT2D eigenvalue weighted by Gasteiger charge is 2.66. The molecular weight excluding hydrogens is 499 g/mol. The van der Waals surface area contributed by atoms with Gasteiger partial charge in [0.1, 0.15) is 32.6 Å². The molecule has 0 aliphatic carbocycles. The van der Waals surface area contributed by atoms with Crippen LogP contribution in [0.15, 0.2) is 22.5 Å². The molecule has 2 amide bonds. The summed E-state index contributed by atoms with van der Waals surface area (Å²) in [6.07, 6.45) is 1.45. The molecule has 3 rings (SSSR count). The number of methoxy groups -OCH3 is 1. The molecule has 0 spiro atoms. The van der Waals surface area contributed by atoms with Crippen LogP contribution in [0.2, 0.25) is 0 Å². The summed E-state index contributed by atoms with van der Waals surface area (Å²) >= 11 is 2.29. The maximum Gasteiger partial charge on any atom is 0.352 e. The number of alkyl halides is 3. The molecule has 2 aliphatic rings. The van der Waals surface area contributed by atoms with Gasteiger partial charge >= 0.3 is 11.2 Å². The molecular formula is C15H16F3N5O6S3. The van der Waals surface area contributed by atoms with Crippen molar-refractivity contribution in [1.82, 2.24) is 25.6 Å². The number of amides is 2. The number of aliphatic carboxylic acids is 1. The smallest absolute Gasteiger partial charge is 0.352 e. The van der Waals surface area contributed by atoms with Crippen LogP contribution in [0.5, 0.6) is 0 Å². The van der Waals surface area contributed by atoms with Crippen molar-refractivity contribution < 1.29 is 41.6 Å². The lowest BCUT2D eigenvalue weighted by Gasteiger charge is -2.55. The van der Waals surface area contributed by atoms with E-state index < -0.39 is 57.4 Å². The van der Waals surface area contributed by atoms with Crippen molar-refractivity contribution in [3.63, 3.8) is 0 Å². The van der Waals surface area contributed by atoms with E-state index in [0.29, 0.717) is 10.6 Å². The number of carboxylic acid groups (broad SMARTS) is 1. The van der Waals surface area contributed by atoms with E-state index in [1.54, 1.807) is 0 Å². The van der Waals surface area contributed by atoms with Crippen LogP contribution in [0, 0.1) is 0 Å². The van der Waals surface area contributed by atoms with Gasteiger partial charge in [0.15, 0.2) is 6.67 Å². The summed E-state index contributed by atoms with van der Waals surface area (Å²) in [4.78, 5) is 37.8. The van der Waals surface area contributed by atoms with Crippen LogP contribution in [0.4, 0.5) is 13.2 Å². The Kier molecular flexibility index (Phi) is 7.21. The van der Waals surface area contributed by atoms with Crippen LogP contribution >= 0.6 is 23.5 Å². The van der Waals surface area contributed by atoms with Crippen LogP contribution < -0.4 is 5.32 Å². The minimum atomic E-state index is -4.22. The van der Waals surface area contributed by atoms with E-state index in [0.717, 1.165) is 23.8 Å². The molecule has 32 heavy (non-hydrogen) atoms. The lowest BCUT2D eigenvalue weighted by atomic mass is 9.98. The Labute approximate surface area is 189 Å². The summed E-state index contributed by atoms with van der Waals surface area (Å²) in [7, 11) is -2.09. The van der Waals surface area contributed by atoms with E-state index in [-0.39, 0.29) is 17.2 Å². The number of carbonyl (C=O) groups is 3. The molecule has 0 radical (unpaired) electrons. The Morgan fingerprint density at radius 1 is 1.56 bits per heavy atom. The number of nitrogens with zero attached hydrogens (tertiary/aromatic N) is 3. The third-order valence-electron chi connectivity index (χ3n) is 4.50. The second-order valence-electron chi connectivity index (χ2n) is 6.44. The maximum absolute atomic E-state index is 13.2. The van der Waals surface area contributed by atoms with Gasteiger partial charge in [0.2, 0.25) is 5.91 Å². The monoisotopic (exact) mass is 515 g/mol. The molecule has 1 fully saturated rings. The molecule has 0 bridgehead atoms. The molecule has 0 saturated carbocycles. The van der Waals surface area contributed by atoms with Crippen molar-refractivity contribution in [3.05, 3.63) is 17.5 Å². The number of nitrogens with one attached hydrogen (secondary N) is 2. The van der Waals surface area contributed by atoms with Gasteiger partial charge in [0.05, 0.1) is 6.20 Å². The van der Waals surface area contributed by atoms with Gasteiger partial charge in [0, 0.05) is 18.6 Å². The minimum absolute atomic E-state index is 0.160. The van der Waals surface area contributed by atoms with Crippen LogP contribution in [0.3, 0.4) is 0 Å². The molecule has 2 aliphatic heterocycles. The molecule has 3 atom stereocenters. The molecule has 1 saturated heterocycles. The number of carboxylic acids is 1. The zero-order valence-corrected chi connectivity index (χ0v) is 18.6. The Bertz CT molecular complexity index is 978. The maximum atomic E-state index is 13.2. The van der Waals surface area contributed by atoms with E-state index >= 15 is 0 Å². The number of aromatic nitrogens is 3. The fourth-order valence-electron chi connectivity index (χ4n) is 3.00. The van der Waals surface area contributed by atoms with Gasteiger partial charge in [-0.3, -0.25) is 18.7 Å². The quantitative estimate of drug-likeness (QED) is 0.219. The Hall–Kier alpha value is -2.11. The van der Waals surface area contributed by atoms with Crippen LogP contribution in [-0.4, -0.2) is 94.8 Å². The molecule has 1 aromatic heterocycles. The lowest BCUT2D eigenvalue weighted by Crippen LogP contribution is -2.81. The standard InChI is InChI=1S/C15H16F3N5O6S3/c1-29-15(20-8(24)5-32(28)14(17,18)6-16)12(27)23-10(11(25)26)7(4-31-13(15)23)3-30-9-2-19-22-21-9/h2,13H,3-6H2,1H3,(H,20,24)(H,25,26)(H,19,21,22)/t13-,15+,32?/m1/s1. The number of aromatic amines is 1. The van der Waals surface area contributed by atoms with Gasteiger partial charge in [-0.25, -0.2) is 9.18 Å². The van der Waals surface area contributed by atoms with E-state index in [2.05, 4.69) is 20.7 Å².